The number of ether oxygens (including phenoxy) is 1. The molecule has 39 heavy (non-hydrogen) atoms. The summed E-state index contributed by atoms with van der Waals surface area (Å²) in [5, 5.41) is 3.86. The highest BCUT2D eigenvalue weighted by Crippen LogP contribution is 2.37. The third-order valence-corrected chi connectivity index (χ3v) is 9.42. The number of hydrogen-bond acceptors (Lipinski definition) is 6. The van der Waals surface area contributed by atoms with Crippen LogP contribution in [0.2, 0.25) is 0 Å². The van der Waals surface area contributed by atoms with Gasteiger partial charge >= 0.3 is 0 Å². The Morgan fingerprint density at radius 1 is 1.13 bits per heavy atom. The minimum absolute atomic E-state index is 0.00434. The van der Waals surface area contributed by atoms with Gasteiger partial charge in [0, 0.05) is 24.6 Å². The van der Waals surface area contributed by atoms with Crippen LogP contribution in [0, 0.1) is 25.6 Å². The Morgan fingerprint density at radius 2 is 1.87 bits per heavy atom. The molecule has 1 amide bonds. The van der Waals surface area contributed by atoms with Crippen molar-refractivity contribution in [3.63, 3.8) is 0 Å². The Kier molecular flexibility index (Phi) is 7.59. The Labute approximate surface area is 228 Å². The summed E-state index contributed by atoms with van der Waals surface area (Å²) < 4.78 is 54.0. The monoisotopic (exact) mass is 553 g/mol. The average molecular weight is 554 g/mol. The number of carbonyl (C=O) groups is 1. The fourth-order valence-corrected chi connectivity index (χ4v) is 6.86. The zero-order chi connectivity index (χ0) is 27.7. The molecule has 1 saturated heterocycles. The molecule has 2 aliphatic heterocycles. The third-order valence-electron chi connectivity index (χ3n) is 7.36. The molecular weight excluding hydrogens is 521 g/mol. The maximum Gasteiger partial charge on any atom is 0.248 e. The van der Waals surface area contributed by atoms with Crippen LogP contribution in [-0.4, -0.2) is 49.5 Å². The molecule has 1 atom stereocenters. The number of hydrogen-bond donors (Lipinski definition) is 0. The van der Waals surface area contributed by atoms with E-state index in [0.717, 1.165) is 17.7 Å². The van der Waals surface area contributed by atoms with Gasteiger partial charge in [-0.1, -0.05) is 36.3 Å². The first kappa shape index (κ1) is 27.1. The lowest BCUT2D eigenvalue weighted by atomic mass is 9.95. The molecule has 2 aromatic carbocycles. The lowest BCUT2D eigenvalue weighted by Crippen LogP contribution is -2.49. The van der Waals surface area contributed by atoms with E-state index in [-0.39, 0.29) is 47.4 Å². The molecule has 10 heteroatoms. The lowest BCUT2D eigenvalue weighted by molar-refractivity contribution is -0.124. The van der Waals surface area contributed by atoms with E-state index in [2.05, 4.69) is 5.16 Å². The molecule has 0 bridgehead atoms. The van der Waals surface area contributed by atoms with Gasteiger partial charge in [0.2, 0.25) is 15.9 Å². The maximum absolute atomic E-state index is 14.0. The smallest absolute Gasteiger partial charge is 0.248 e. The summed E-state index contributed by atoms with van der Waals surface area (Å²) in [6.07, 6.45) is 4.38. The van der Waals surface area contributed by atoms with E-state index in [1.54, 1.807) is 25.1 Å². The molecule has 1 aromatic heterocycles. The third kappa shape index (κ3) is 5.35. The normalized spacial score (nSPS) is 18.8. The van der Waals surface area contributed by atoms with Crippen LogP contribution in [0.1, 0.15) is 48.8 Å². The molecule has 0 aliphatic carbocycles. The van der Waals surface area contributed by atoms with Crippen molar-refractivity contribution >= 4 is 33.8 Å². The van der Waals surface area contributed by atoms with Crippen molar-refractivity contribution in [3.05, 3.63) is 70.9 Å². The highest BCUT2D eigenvalue weighted by molar-refractivity contribution is 7.89. The molecule has 8 nitrogen and oxygen atoms in total. The zero-order valence-corrected chi connectivity index (χ0v) is 23.1. The summed E-state index contributed by atoms with van der Waals surface area (Å²) in [7, 11) is -3.95. The molecule has 0 radical (unpaired) electrons. The highest BCUT2D eigenvalue weighted by Gasteiger charge is 2.39. The molecule has 206 valence electrons. The number of fused-ring (bicyclic) bond motifs is 1. The van der Waals surface area contributed by atoms with Crippen molar-refractivity contribution < 1.29 is 26.9 Å². The molecule has 5 rings (SSSR count). The summed E-state index contributed by atoms with van der Waals surface area (Å²) in [6.45, 7) is 6.44. The predicted octanol–water partition coefficient (Wildman–Crippen LogP) is 5.21. The fourth-order valence-electron chi connectivity index (χ4n) is 5.14. The number of amides is 1. The Hall–Kier alpha value is -3.50. The first-order valence-electron chi connectivity index (χ1n) is 13.2. The molecule has 1 fully saturated rings. The van der Waals surface area contributed by atoms with Crippen LogP contribution >= 0.6 is 0 Å². The predicted molar refractivity (Wildman–Crippen MR) is 146 cm³/mol. The Balaban J connectivity index is 1.32. The van der Waals surface area contributed by atoms with Crippen molar-refractivity contribution in [1.29, 1.82) is 0 Å². The van der Waals surface area contributed by atoms with Gasteiger partial charge in [0.05, 0.1) is 12.2 Å². The number of piperidine rings is 1. The quantitative estimate of drug-likeness (QED) is 0.416. The van der Waals surface area contributed by atoms with Gasteiger partial charge in [0.15, 0.2) is 10.7 Å². The number of halogens is 1. The van der Waals surface area contributed by atoms with E-state index in [1.807, 2.05) is 36.9 Å². The second kappa shape index (κ2) is 10.9. The van der Waals surface area contributed by atoms with Gasteiger partial charge < -0.3 is 14.2 Å². The van der Waals surface area contributed by atoms with Gasteiger partial charge in [-0.05, 0) is 69.0 Å². The number of benzene rings is 2. The van der Waals surface area contributed by atoms with Crippen LogP contribution in [0.4, 0.5) is 10.1 Å². The average Bonchev–Trinajstić information content (AvgIpc) is 3.32. The highest BCUT2D eigenvalue weighted by atomic mass is 32.2. The van der Waals surface area contributed by atoms with Crippen molar-refractivity contribution in [3.8, 4) is 5.75 Å². The SMILES string of the molecule is CC[C@H]1CN(C(=O)C2CCN(S(=O)(=O)c3c(C)noc3/C=C/c3ccccc3F)CC2)c2cc(C)ccc2O1. The van der Waals surface area contributed by atoms with Gasteiger partial charge in [-0.15, -0.1) is 0 Å². The summed E-state index contributed by atoms with van der Waals surface area (Å²) in [5.74, 6) is 0.00925. The Bertz CT molecular complexity index is 1510. The molecule has 3 heterocycles. The van der Waals surface area contributed by atoms with Crippen LogP contribution < -0.4 is 9.64 Å². The number of rotatable bonds is 6. The maximum atomic E-state index is 14.0. The molecule has 2 aliphatic rings. The number of aryl methyl sites for hydroxylation is 2. The van der Waals surface area contributed by atoms with E-state index < -0.39 is 15.8 Å². The number of anilines is 1. The minimum Gasteiger partial charge on any atom is -0.486 e. The van der Waals surface area contributed by atoms with Gasteiger partial charge in [-0.3, -0.25) is 4.79 Å². The lowest BCUT2D eigenvalue weighted by Gasteiger charge is -2.38. The molecule has 0 unspecified atom stereocenters. The van der Waals surface area contributed by atoms with Gasteiger partial charge in [0.1, 0.15) is 23.4 Å². The molecule has 0 saturated carbocycles. The summed E-state index contributed by atoms with van der Waals surface area (Å²) >= 11 is 0. The first-order valence-corrected chi connectivity index (χ1v) is 14.6. The zero-order valence-electron chi connectivity index (χ0n) is 22.3. The minimum atomic E-state index is -3.95. The van der Waals surface area contributed by atoms with E-state index in [1.165, 1.54) is 22.5 Å². The standard InChI is InChI=1S/C29H32FN3O5S/c1-4-23-18-33(25-17-19(2)9-11-26(25)37-23)29(34)22-13-15-32(16-14-22)39(35,36)28-20(3)31-38-27(28)12-10-21-7-5-6-8-24(21)30/h5-12,17,22-23H,4,13-16,18H2,1-3H3/b12-10+/t23-/m0/s1. The largest absolute Gasteiger partial charge is 0.486 e. The molecule has 0 N–H and O–H groups in total. The van der Waals surface area contributed by atoms with Crippen LogP contribution in [0.5, 0.6) is 5.75 Å². The van der Waals surface area contributed by atoms with Gasteiger partial charge in [-0.2, -0.15) is 4.31 Å². The van der Waals surface area contributed by atoms with E-state index in [9.17, 15) is 17.6 Å². The number of carbonyl (C=O) groups excluding carboxylic acids is 1. The van der Waals surface area contributed by atoms with E-state index in [4.69, 9.17) is 9.26 Å². The van der Waals surface area contributed by atoms with Crippen LogP contribution in [-0.2, 0) is 14.8 Å². The van der Waals surface area contributed by atoms with Crippen molar-refractivity contribution in [1.82, 2.24) is 9.46 Å². The summed E-state index contributed by atoms with van der Waals surface area (Å²) in [5.41, 5.74) is 2.34. The van der Waals surface area contributed by atoms with Gasteiger partial charge in [-0.25, -0.2) is 12.8 Å². The topological polar surface area (TPSA) is 93.0 Å². The second-order valence-corrected chi connectivity index (χ2v) is 11.9. The van der Waals surface area contributed by atoms with E-state index >= 15 is 0 Å². The number of sulfonamides is 1. The molecule has 0 spiro atoms. The van der Waals surface area contributed by atoms with Crippen LogP contribution in [0.25, 0.3) is 12.2 Å². The van der Waals surface area contributed by atoms with E-state index in [0.29, 0.717) is 30.7 Å². The fraction of sp³-hybridized carbons (Fsp3) is 0.379. The summed E-state index contributed by atoms with van der Waals surface area (Å²) in [4.78, 5) is 15.4. The second-order valence-electron chi connectivity index (χ2n) is 10.1. The van der Waals surface area contributed by atoms with Crippen LogP contribution in [0.15, 0.2) is 51.9 Å². The number of aromatic nitrogens is 1. The van der Waals surface area contributed by atoms with Crippen molar-refractivity contribution in [2.45, 2.75) is 51.0 Å². The van der Waals surface area contributed by atoms with Crippen molar-refractivity contribution in [2.75, 3.05) is 24.5 Å². The molecule has 3 aromatic rings. The first-order chi connectivity index (χ1) is 18.7. The molecular formula is C29H32FN3O5S. The Morgan fingerprint density at radius 3 is 2.59 bits per heavy atom. The van der Waals surface area contributed by atoms with Crippen molar-refractivity contribution in [2.24, 2.45) is 5.92 Å². The number of nitrogens with zero attached hydrogens (tertiary/aromatic N) is 3. The summed E-state index contributed by atoms with van der Waals surface area (Å²) in [6, 6.07) is 12.0. The van der Waals surface area contributed by atoms with Gasteiger partial charge in [0.25, 0.3) is 0 Å². The van der Waals surface area contributed by atoms with Crippen LogP contribution in [0.3, 0.4) is 0 Å².